The second-order valence-electron chi connectivity index (χ2n) is 26.8. The van der Waals surface area contributed by atoms with Crippen LogP contribution in [0.1, 0.15) is 224 Å². The molecule has 0 radical (unpaired) electrons. The summed E-state index contributed by atoms with van der Waals surface area (Å²) in [4.78, 5) is 65.9. The molecule has 90 heavy (non-hydrogen) atoms. The van der Waals surface area contributed by atoms with Crippen LogP contribution >= 0.6 is 0 Å². The van der Waals surface area contributed by atoms with Gasteiger partial charge in [-0.2, -0.15) is 15.5 Å². The van der Waals surface area contributed by atoms with E-state index in [1.54, 1.807) is 83.2 Å². The number of azo groups is 1. The molecule has 4 aromatic carbocycles. The average Bonchev–Trinajstić information content (AvgIpc) is 3.00. The van der Waals surface area contributed by atoms with Gasteiger partial charge in [0.15, 0.2) is 0 Å². The van der Waals surface area contributed by atoms with Crippen LogP contribution in [0.2, 0.25) is 0 Å². The molecular formula is C74H103N3O13. The number of ether oxygens (including phenoxy) is 7. The summed E-state index contributed by atoms with van der Waals surface area (Å²) in [6, 6.07) is 28.1. The van der Waals surface area contributed by atoms with Crippen molar-refractivity contribution in [2.24, 2.45) is 26.5 Å². The summed E-state index contributed by atoms with van der Waals surface area (Å²) < 4.78 is 39.7. The Balaban J connectivity index is 1.11. The maximum atomic E-state index is 14.1. The largest absolute Gasteiger partial charge is 0.494 e. The lowest BCUT2D eigenvalue weighted by Gasteiger charge is -2.39. The predicted octanol–water partition coefficient (Wildman–Crippen LogP) is 17.5. The molecule has 0 aliphatic rings. The van der Waals surface area contributed by atoms with Crippen LogP contribution < -0.4 is 14.2 Å². The molecular weight excluding hydrogens is 1140 g/mol. The first kappa shape index (κ1) is 75.1. The van der Waals surface area contributed by atoms with Gasteiger partial charge in [-0.3, -0.25) is 14.4 Å². The first-order valence-corrected chi connectivity index (χ1v) is 32.4. The monoisotopic (exact) mass is 1240 g/mol. The highest BCUT2D eigenvalue weighted by Crippen LogP contribution is 2.46. The van der Waals surface area contributed by atoms with Crippen LogP contribution in [0.4, 0.5) is 11.4 Å². The summed E-state index contributed by atoms with van der Waals surface area (Å²) >= 11 is 0. The van der Waals surface area contributed by atoms with Crippen molar-refractivity contribution in [1.29, 1.82) is 5.26 Å². The number of nitriles is 1. The number of nitrogens with zero attached hydrogens (tertiary/aromatic N) is 3. The molecule has 0 bridgehead atoms. The lowest BCUT2D eigenvalue weighted by Crippen LogP contribution is -2.44. The first-order valence-electron chi connectivity index (χ1n) is 32.4. The molecule has 0 heterocycles. The maximum Gasteiger partial charge on any atom is 0.343 e. The van der Waals surface area contributed by atoms with E-state index < -0.39 is 46.1 Å². The van der Waals surface area contributed by atoms with Crippen LogP contribution in [0, 0.1) is 34.5 Å². The molecule has 1 N–H and O–H groups in total. The van der Waals surface area contributed by atoms with Crippen molar-refractivity contribution in [2.75, 3.05) is 46.2 Å². The van der Waals surface area contributed by atoms with Gasteiger partial charge in [-0.1, -0.05) is 125 Å². The summed E-state index contributed by atoms with van der Waals surface area (Å²) in [5.41, 5.74) is 2.53. The molecule has 0 aliphatic heterocycles. The topological polar surface area (TPSA) is 219 Å². The number of unbranched alkanes of at least 4 members (excludes halogenated alkanes) is 12. The Kier molecular flexibility index (Phi) is 31.5. The number of aliphatic hydroxyl groups excluding tert-OH is 1. The number of carbonyl (C=O) groups is 5. The molecule has 0 spiro atoms. The van der Waals surface area contributed by atoms with Crippen LogP contribution in [0.15, 0.2) is 101 Å². The molecule has 0 aliphatic carbocycles. The third kappa shape index (κ3) is 27.0. The molecule has 0 aromatic heterocycles. The van der Waals surface area contributed by atoms with Crippen LogP contribution in [0.25, 0.3) is 6.08 Å². The van der Waals surface area contributed by atoms with Gasteiger partial charge in [0.05, 0.1) is 78.7 Å². The van der Waals surface area contributed by atoms with Crippen LogP contribution in [0.3, 0.4) is 0 Å². The fourth-order valence-corrected chi connectivity index (χ4v) is 10.4. The Morgan fingerprint density at radius 3 is 1.50 bits per heavy atom. The van der Waals surface area contributed by atoms with Gasteiger partial charge in [0.25, 0.3) is 0 Å². The Labute approximate surface area is 536 Å². The van der Waals surface area contributed by atoms with Crippen molar-refractivity contribution >= 4 is 47.3 Å². The standard InChI is InChI=1S/C74H103N3O13/c1-13-73(11,68(82)89-48-42-78)54-74(12,69(83)88-46-27-23-19-18-21-25-44-85-63-37-33-60(34-38-63)76-77-61-51-58(70(3,4)5)50-59(52-61)71(6,7)8)53-72(9,10)67(81)87-45-26-22-17-15-14-16-20-24-43-84-62-35-31-57(32-36-62)66(80)90-64-39-29-56(49-55(64)2)30-40-65(79)86-47-28-41-75/h29-40,49-52,78H,13-28,42-48,53-54H2,1-12H3/b40-30+,77-76?. The minimum atomic E-state index is -1.22. The molecule has 2 unspecified atom stereocenters. The molecule has 2 atom stereocenters. The number of hydrogen-bond acceptors (Lipinski definition) is 16. The smallest absolute Gasteiger partial charge is 0.343 e. The van der Waals surface area contributed by atoms with Gasteiger partial charge in [-0.05, 0) is 192 Å². The van der Waals surface area contributed by atoms with E-state index in [2.05, 4.69) is 70.0 Å². The van der Waals surface area contributed by atoms with Crippen LogP contribution in [-0.2, 0) is 49.0 Å². The van der Waals surface area contributed by atoms with Crippen molar-refractivity contribution in [3.63, 3.8) is 0 Å². The van der Waals surface area contributed by atoms with E-state index >= 15 is 0 Å². The zero-order valence-corrected chi connectivity index (χ0v) is 56.1. The summed E-state index contributed by atoms with van der Waals surface area (Å²) in [5, 5.41) is 27.1. The summed E-state index contributed by atoms with van der Waals surface area (Å²) in [5.74, 6) is -0.569. The van der Waals surface area contributed by atoms with E-state index in [1.165, 1.54) is 17.2 Å². The van der Waals surface area contributed by atoms with E-state index in [-0.39, 0.29) is 63.1 Å². The maximum absolute atomic E-state index is 14.1. The number of carbonyl (C=O) groups excluding carboxylic acids is 5. The minimum absolute atomic E-state index is 0.00525. The van der Waals surface area contributed by atoms with Gasteiger partial charge in [-0.15, -0.1) is 0 Å². The van der Waals surface area contributed by atoms with E-state index in [0.29, 0.717) is 48.7 Å². The van der Waals surface area contributed by atoms with E-state index in [4.69, 9.17) is 38.4 Å². The van der Waals surface area contributed by atoms with E-state index in [0.717, 1.165) is 106 Å². The number of benzene rings is 4. The first-order chi connectivity index (χ1) is 42.7. The highest BCUT2D eigenvalue weighted by atomic mass is 16.6. The SMILES string of the molecule is CCC(C)(CC(C)(CC(C)(C)C(=O)OCCCCCCCCCCOc1ccc(C(=O)Oc2ccc(/C=C/C(=O)OCCC#N)cc2C)cc1)C(=O)OCCCCCCCCOc1ccc(N=Nc2cc(C(C)(C)C)cc(C(C)(C)C)c2)cc1)C(=O)OCCO. The molecule has 492 valence electrons. The summed E-state index contributed by atoms with van der Waals surface area (Å²) in [6.07, 6.45) is 16.8. The van der Waals surface area contributed by atoms with Crippen LogP contribution in [-0.4, -0.2) is 81.2 Å². The molecule has 4 rings (SSSR count). The Bertz CT molecular complexity index is 2950. The molecule has 4 aromatic rings. The number of aliphatic hydroxyl groups is 1. The van der Waals surface area contributed by atoms with E-state index in [1.807, 2.05) is 37.3 Å². The van der Waals surface area contributed by atoms with Gasteiger partial charge in [0.2, 0.25) is 0 Å². The second-order valence-corrected chi connectivity index (χ2v) is 26.8. The summed E-state index contributed by atoms with van der Waals surface area (Å²) in [6.45, 7) is 25.2. The zero-order chi connectivity index (χ0) is 66.2. The number of rotatable bonds is 40. The normalized spacial score (nSPS) is 13.2. The van der Waals surface area contributed by atoms with Gasteiger partial charge in [0.1, 0.15) is 30.5 Å². The van der Waals surface area contributed by atoms with Crippen molar-refractivity contribution in [3.05, 3.63) is 119 Å². The quantitative estimate of drug-likeness (QED) is 0.0109. The Hall–Kier alpha value is -7.38. The minimum Gasteiger partial charge on any atom is -0.494 e. The average molecular weight is 1240 g/mol. The summed E-state index contributed by atoms with van der Waals surface area (Å²) in [7, 11) is 0. The highest BCUT2D eigenvalue weighted by Gasteiger charge is 2.50. The van der Waals surface area contributed by atoms with Crippen molar-refractivity contribution in [1.82, 2.24) is 0 Å². The second kappa shape index (κ2) is 37.7. The van der Waals surface area contributed by atoms with Crippen molar-refractivity contribution < 1.29 is 62.2 Å². The lowest BCUT2D eigenvalue weighted by atomic mass is 9.65. The predicted molar refractivity (Wildman–Crippen MR) is 352 cm³/mol. The van der Waals surface area contributed by atoms with Gasteiger partial charge in [0, 0.05) is 6.08 Å². The van der Waals surface area contributed by atoms with Crippen LogP contribution in [0.5, 0.6) is 17.2 Å². The molecule has 16 heteroatoms. The van der Waals surface area contributed by atoms with Crippen molar-refractivity contribution in [3.8, 4) is 23.3 Å². The van der Waals surface area contributed by atoms with Gasteiger partial charge >= 0.3 is 29.8 Å². The number of esters is 5. The molecule has 0 fully saturated rings. The van der Waals surface area contributed by atoms with E-state index in [9.17, 15) is 29.1 Å². The molecule has 16 nitrogen and oxygen atoms in total. The highest BCUT2D eigenvalue weighted by molar-refractivity contribution is 5.91. The lowest BCUT2D eigenvalue weighted by molar-refractivity contribution is -0.169. The third-order valence-electron chi connectivity index (χ3n) is 16.0. The third-order valence-corrected chi connectivity index (χ3v) is 16.0. The zero-order valence-electron chi connectivity index (χ0n) is 56.1. The van der Waals surface area contributed by atoms with Crippen molar-refractivity contribution in [2.45, 2.75) is 209 Å². The molecule has 0 saturated heterocycles. The molecule has 0 amide bonds. The van der Waals surface area contributed by atoms with Gasteiger partial charge < -0.3 is 38.3 Å². The Morgan fingerprint density at radius 1 is 0.522 bits per heavy atom. The van der Waals surface area contributed by atoms with Gasteiger partial charge in [-0.25, -0.2) is 9.59 Å². The number of hydrogen-bond donors (Lipinski definition) is 1. The number of aryl methyl sites for hydroxylation is 1. The molecule has 0 saturated carbocycles. The Morgan fingerprint density at radius 2 is 1.00 bits per heavy atom. The fourth-order valence-electron chi connectivity index (χ4n) is 10.4. The fraction of sp³-hybridized carbons (Fsp3) is 0.568.